The van der Waals surface area contributed by atoms with E-state index in [2.05, 4.69) is 5.32 Å². The molecule has 3 aromatic carbocycles. The monoisotopic (exact) mass is 488 g/mol. The van der Waals surface area contributed by atoms with Gasteiger partial charge in [0.1, 0.15) is 11.8 Å². The van der Waals surface area contributed by atoms with Gasteiger partial charge in [-0.25, -0.2) is 0 Å². The van der Waals surface area contributed by atoms with Gasteiger partial charge in [-0.3, -0.25) is 9.59 Å². The largest absolute Gasteiger partial charge is 0.494 e. The number of hydrogen-bond acceptors (Lipinski definition) is 5. The molecule has 0 aliphatic heterocycles. The van der Waals surface area contributed by atoms with Crippen molar-refractivity contribution < 1.29 is 14.3 Å². The first-order valence-electron chi connectivity index (χ1n) is 12.2. The molecule has 36 heavy (non-hydrogen) atoms. The third-order valence-electron chi connectivity index (χ3n) is 6.12. The van der Waals surface area contributed by atoms with Crippen molar-refractivity contribution in [3.63, 3.8) is 0 Å². The molecular formula is C29H36N4O3. The van der Waals surface area contributed by atoms with Crippen LogP contribution in [0, 0.1) is 0 Å². The minimum absolute atomic E-state index is 0.231. The molecule has 3 rings (SSSR count). The summed E-state index contributed by atoms with van der Waals surface area (Å²) in [5.41, 5.74) is 15.8. The van der Waals surface area contributed by atoms with E-state index in [4.69, 9.17) is 16.2 Å². The van der Waals surface area contributed by atoms with E-state index in [0.717, 1.165) is 28.0 Å². The third kappa shape index (κ3) is 7.66. The summed E-state index contributed by atoms with van der Waals surface area (Å²) < 4.78 is 5.48. The number of nitrogens with zero attached hydrogens (tertiary/aromatic N) is 1. The number of ether oxygens (including phenoxy) is 1. The quantitative estimate of drug-likeness (QED) is 0.363. The van der Waals surface area contributed by atoms with Crippen molar-refractivity contribution in [2.24, 2.45) is 11.5 Å². The summed E-state index contributed by atoms with van der Waals surface area (Å²) in [6.45, 7) is 3.34. The lowest BCUT2D eigenvalue weighted by Gasteiger charge is -2.30. The molecule has 2 atom stereocenters. The Morgan fingerprint density at radius 2 is 1.44 bits per heavy atom. The number of rotatable bonds is 12. The molecular weight excluding hydrogens is 452 g/mol. The van der Waals surface area contributed by atoms with Crippen LogP contribution in [0.1, 0.15) is 29.2 Å². The van der Waals surface area contributed by atoms with Gasteiger partial charge in [0.25, 0.3) is 0 Å². The van der Waals surface area contributed by atoms with Crippen molar-refractivity contribution in [2.45, 2.75) is 44.9 Å². The molecule has 0 unspecified atom stereocenters. The summed E-state index contributed by atoms with van der Waals surface area (Å²) in [6.07, 6.45) is 0.750. The van der Waals surface area contributed by atoms with Crippen molar-refractivity contribution in [3.05, 3.63) is 101 Å². The van der Waals surface area contributed by atoms with E-state index in [1.165, 1.54) is 4.90 Å². The lowest BCUT2D eigenvalue weighted by atomic mass is 10.0. The fourth-order valence-electron chi connectivity index (χ4n) is 3.99. The van der Waals surface area contributed by atoms with E-state index in [0.29, 0.717) is 32.5 Å². The molecule has 7 nitrogen and oxygen atoms in total. The van der Waals surface area contributed by atoms with E-state index in [1.54, 1.807) is 7.05 Å². The van der Waals surface area contributed by atoms with Gasteiger partial charge in [-0.2, -0.15) is 0 Å². The minimum atomic E-state index is -0.775. The van der Waals surface area contributed by atoms with Crippen LogP contribution in [0.15, 0.2) is 78.9 Å². The average molecular weight is 489 g/mol. The summed E-state index contributed by atoms with van der Waals surface area (Å²) >= 11 is 0. The summed E-state index contributed by atoms with van der Waals surface area (Å²) in [7, 11) is 1.64. The number of hydrogen-bond donors (Lipinski definition) is 3. The molecule has 0 spiro atoms. The van der Waals surface area contributed by atoms with Gasteiger partial charge in [0, 0.05) is 26.6 Å². The summed E-state index contributed by atoms with van der Waals surface area (Å²) in [6, 6.07) is 23.5. The van der Waals surface area contributed by atoms with E-state index in [-0.39, 0.29) is 11.8 Å². The second-order valence-corrected chi connectivity index (χ2v) is 8.78. The Balaban J connectivity index is 1.69. The van der Waals surface area contributed by atoms with E-state index in [9.17, 15) is 9.59 Å². The molecule has 0 aromatic heterocycles. The SMILES string of the molecule is CCOc1ccc(C[C@@H](N)C(=O)N(C)[C@@H](Cc2ccccc2)C(=O)NCc2ccc(CN)cc2)cc1. The van der Waals surface area contributed by atoms with Crippen molar-refractivity contribution in [1.82, 2.24) is 10.2 Å². The maximum Gasteiger partial charge on any atom is 0.243 e. The highest BCUT2D eigenvalue weighted by molar-refractivity contribution is 5.90. The van der Waals surface area contributed by atoms with Crippen LogP contribution < -0.4 is 21.5 Å². The Labute approximate surface area is 213 Å². The Morgan fingerprint density at radius 1 is 0.861 bits per heavy atom. The van der Waals surface area contributed by atoms with Gasteiger partial charge in [0.2, 0.25) is 11.8 Å². The molecule has 0 heterocycles. The molecule has 0 bridgehead atoms. The predicted molar refractivity (Wildman–Crippen MR) is 142 cm³/mol. The Hall–Kier alpha value is -3.68. The Morgan fingerprint density at radius 3 is 2.06 bits per heavy atom. The maximum absolute atomic E-state index is 13.3. The summed E-state index contributed by atoms with van der Waals surface area (Å²) in [5, 5.41) is 2.98. The van der Waals surface area contributed by atoms with E-state index < -0.39 is 12.1 Å². The van der Waals surface area contributed by atoms with Crippen LogP contribution in [0.25, 0.3) is 0 Å². The Bertz CT molecular complexity index is 1100. The first kappa shape index (κ1) is 26.9. The second kappa shape index (κ2) is 13.4. The molecule has 0 fully saturated rings. The molecule has 7 heteroatoms. The first-order chi connectivity index (χ1) is 17.4. The highest BCUT2D eigenvalue weighted by atomic mass is 16.5. The summed E-state index contributed by atoms with van der Waals surface area (Å²) in [4.78, 5) is 28.0. The van der Waals surface area contributed by atoms with Gasteiger partial charge >= 0.3 is 0 Å². The van der Waals surface area contributed by atoms with Crippen LogP contribution in [-0.4, -0.2) is 42.5 Å². The van der Waals surface area contributed by atoms with Crippen molar-refractivity contribution >= 4 is 11.8 Å². The van der Waals surface area contributed by atoms with Gasteiger partial charge in [0.05, 0.1) is 12.6 Å². The normalized spacial score (nSPS) is 12.4. The number of nitrogens with one attached hydrogen (secondary N) is 1. The molecule has 0 radical (unpaired) electrons. The van der Waals surface area contributed by atoms with Crippen LogP contribution in [0.3, 0.4) is 0 Å². The molecule has 2 amide bonds. The maximum atomic E-state index is 13.3. The predicted octanol–water partition coefficient (Wildman–Crippen LogP) is 2.80. The summed E-state index contributed by atoms with van der Waals surface area (Å²) in [5.74, 6) is 0.258. The van der Waals surface area contributed by atoms with Crippen LogP contribution in [0.5, 0.6) is 5.75 Å². The minimum Gasteiger partial charge on any atom is -0.494 e. The standard InChI is InChI=1S/C29H36N4O3/c1-3-36-25-15-13-22(14-16-25)17-26(31)29(35)33(2)27(18-21-7-5-4-6-8-21)28(34)32-20-24-11-9-23(19-30)10-12-24/h4-16,26-27H,3,17-20,30-31H2,1-2H3,(H,32,34)/t26-,27+/m1/s1. The second-order valence-electron chi connectivity index (χ2n) is 8.78. The van der Waals surface area contributed by atoms with Gasteiger partial charge < -0.3 is 26.4 Å². The topological polar surface area (TPSA) is 111 Å². The van der Waals surface area contributed by atoms with Gasteiger partial charge in [-0.1, -0.05) is 66.7 Å². The highest BCUT2D eigenvalue weighted by Crippen LogP contribution is 2.15. The van der Waals surface area contributed by atoms with Crippen molar-refractivity contribution in [2.75, 3.05) is 13.7 Å². The van der Waals surface area contributed by atoms with Crippen LogP contribution >= 0.6 is 0 Å². The van der Waals surface area contributed by atoms with Gasteiger partial charge in [0.15, 0.2) is 0 Å². The van der Waals surface area contributed by atoms with E-state index in [1.807, 2.05) is 85.8 Å². The van der Waals surface area contributed by atoms with Crippen molar-refractivity contribution in [1.29, 1.82) is 0 Å². The highest BCUT2D eigenvalue weighted by Gasteiger charge is 2.30. The zero-order chi connectivity index (χ0) is 25.9. The number of carbonyl (C=O) groups is 2. The van der Waals surface area contributed by atoms with Crippen LogP contribution in [-0.2, 0) is 35.5 Å². The molecule has 0 aliphatic rings. The number of likely N-dealkylation sites (N-methyl/N-ethyl adjacent to an activating group) is 1. The van der Waals surface area contributed by atoms with Crippen molar-refractivity contribution in [3.8, 4) is 5.75 Å². The smallest absolute Gasteiger partial charge is 0.243 e. The van der Waals surface area contributed by atoms with Crippen LogP contribution in [0.4, 0.5) is 0 Å². The van der Waals surface area contributed by atoms with Gasteiger partial charge in [-0.05, 0) is 47.7 Å². The zero-order valence-corrected chi connectivity index (χ0v) is 21.0. The average Bonchev–Trinajstić information content (AvgIpc) is 2.91. The molecule has 190 valence electrons. The van der Waals surface area contributed by atoms with Gasteiger partial charge in [-0.15, -0.1) is 0 Å². The number of nitrogens with two attached hydrogens (primary N) is 2. The first-order valence-corrected chi connectivity index (χ1v) is 12.2. The lowest BCUT2D eigenvalue weighted by Crippen LogP contribution is -2.53. The molecule has 3 aromatic rings. The number of carbonyl (C=O) groups excluding carboxylic acids is 2. The Kier molecular flexibility index (Phi) is 10.0. The number of amides is 2. The molecule has 0 saturated heterocycles. The molecule has 0 saturated carbocycles. The van der Waals surface area contributed by atoms with E-state index >= 15 is 0 Å². The number of benzene rings is 3. The zero-order valence-electron chi connectivity index (χ0n) is 21.0. The van der Waals surface area contributed by atoms with Crippen LogP contribution in [0.2, 0.25) is 0 Å². The molecule has 0 aliphatic carbocycles. The third-order valence-corrected chi connectivity index (χ3v) is 6.12. The lowest BCUT2D eigenvalue weighted by molar-refractivity contribution is -0.140. The fourth-order valence-corrected chi connectivity index (χ4v) is 3.99. The fraction of sp³-hybridized carbons (Fsp3) is 0.310. The molecule has 5 N–H and O–H groups in total.